The number of anilines is 1. The number of hydrogen-bond donors (Lipinski definition) is 1. The van der Waals surface area contributed by atoms with Crippen LogP contribution in [0.2, 0.25) is 0 Å². The third-order valence-corrected chi connectivity index (χ3v) is 5.53. The summed E-state index contributed by atoms with van der Waals surface area (Å²) in [5.74, 6) is -0.475. The van der Waals surface area contributed by atoms with Crippen molar-refractivity contribution >= 4 is 43.8 Å². The van der Waals surface area contributed by atoms with Gasteiger partial charge in [0.05, 0.1) is 5.69 Å². The molecule has 5 nitrogen and oxygen atoms in total. The second kappa shape index (κ2) is 7.09. The van der Waals surface area contributed by atoms with Crippen LogP contribution in [-0.4, -0.2) is 15.3 Å². The second-order valence-corrected chi connectivity index (χ2v) is 7.75. The Bertz CT molecular complexity index is 1220. The van der Waals surface area contributed by atoms with E-state index in [0.717, 1.165) is 21.3 Å². The van der Waals surface area contributed by atoms with Crippen molar-refractivity contribution in [3.8, 4) is 11.3 Å². The van der Waals surface area contributed by atoms with Crippen LogP contribution in [0.3, 0.4) is 0 Å². The van der Waals surface area contributed by atoms with Crippen LogP contribution < -0.4 is 10.9 Å². The average Bonchev–Trinajstić information content (AvgIpc) is 3.10. The summed E-state index contributed by atoms with van der Waals surface area (Å²) in [5, 5.41) is 4.68. The van der Waals surface area contributed by atoms with E-state index in [1.54, 1.807) is 6.07 Å². The van der Waals surface area contributed by atoms with Crippen molar-refractivity contribution in [3.63, 3.8) is 0 Å². The lowest BCUT2D eigenvalue weighted by Crippen LogP contribution is -2.26. The first-order valence-corrected chi connectivity index (χ1v) is 9.84. The zero-order valence-corrected chi connectivity index (χ0v) is 16.7. The molecule has 0 aliphatic heterocycles. The molecule has 2 aromatic heterocycles. The van der Waals surface area contributed by atoms with E-state index in [1.807, 2.05) is 54.8 Å². The lowest BCUT2D eigenvalue weighted by molar-refractivity contribution is 0.102. The molecule has 0 bridgehead atoms. The van der Waals surface area contributed by atoms with Crippen LogP contribution in [0.4, 0.5) is 5.69 Å². The van der Waals surface area contributed by atoms with E-state index >= 15 is 0 Å². The Labute approximate surface area is 167 Å². The van der Waals surface area contributed by atoms with Gasteiger partial charge >= 0.3 is 0 Å². The molecule has 4 rings (SSSR count). The SMILES string of the molecule is Cc1cc(Br)ccc1NC(=O)c1cnc2scc(-c3ccccc3)n2c1=O. The molecule has 0 atom stereocenters. The molecule has 0 aliphatic rings. The fourth-order valence-electron chi connectivity index (χ4n) is 2.82. The molecule has 27 heavy (non-hydrogen) atoms. The molecule has 2 heterocycles. The minimum absolute atomic E-state index is 0.00500. The number of aryl methyl sites for hydroxylation is 1. The number of fused-ring (bicyclic) bond motifs is 1. The maximum absolute atomic E-state index is 13.0. The largest absolute Gasteiger partial charge is 0.322 e. The van der Waals surface area contributed by atoms with Gasteiger partial charge in [-0.15, -0.1) is 11.3 Å². The highest BCUT2D eigenvalue weighted by Crippen LogP contribution is 2.24. The quantitative estimate of drug-likeness (QED) is 0.500. The van der Waals surface area contributed by atoms with Gasteiger partial charge in [-0.1, -0.05) is 46.3 Å². The van der Waals surface area contributed by atoms with Gasteiger partial charge in [-0.3, -0.25) is 14.0 Å². The van der Waals surface area contributed by atoms with Crippen molar-refractivity contribution in [3.05, 3.63) is 86.1 Å². The Morgan fingerprint density at radius 3 is 2.70 bits per heavy atom. The van der Waals surface area contributed by atoms with Crippen molar-refractivity contribution in [2.45, 2.75) is 6.92 Å². The number of nitrogens with zero attached hydrogens (tertiary/aromatic N) is 2. The van der Waals surface area contributed by atoms with Crippen molar-refractivity contribution in [2.24, 2.45) is 0 Å². The Hall–Kier alpha value is -2.77. The molecule has 0 radical (unpaired) electrons. The third-order valence-electron chi connectivity index (χ3n) is 4.20. The van der Waals surface area contributed by atoms with Gasteiger partial charge in [-0.25, -0.2) is 4.98 Å². The van der Waals surface area contributed by atoms with E-state index in [9.17, 15) is 9.59 Å². The fraction of sp³-hybridized carbons (Fsp3) is 0.0500. The van der Waals surface area contributed by atoms with Crippen LogP contribution in [0.1, 0.15) is 15.9 Å². The normalized spacial score (nSPS) is 10.9. The standard InChI is InChI=1S/C20H14BrN3O2S/c1-12-9-14(21)7-8-16(12)23-18(25)15-10-22-20-24(19(15)26)17(11-27-20)13-5-3-2-4-6-13/h2-11H,1H3,(H,23,25). The predicted molar refractivity (Wildman–Crippen MR) is 112 cm³/mol. The first-order chi connectivity index (χ1) is 13.0. The highest BCUT2D eigenvalue weighted by Gasteiger charge is 2.17. The first kappa shape index (κ1) is 17.6. The topological polar surface area (TPSA) is 63.5 Å². The molecule has 4 aromatic rings. The molecule has 7 heteroatoms. The number of carbonyl (C=O) groups is 1. The third kappa shape index (κ3) is 3.31. The summed E-state index contributed by atoms with van der Waals surface area (Å²) < 4.78 is 2.41. The van der Waals surface area contributed by atoms with E-state index in [0.29, 0.717) is 10.6 Å². The van der Waals surface area contributed by atoms with Crippen molar-refractivity contribution in [1.82, 2.24) is 9.38 Å². The molecule has 2 aromatic carbocycles. The zero-order chi connectivity index (χ0) is 19.0. The molecule has 0 unspecified atom stereocenters. The Kier molecular flexibility index (Phi) is 4.63. The minimum Gasteiger partial charge on any atom is -0.322 e. The molecule has 0 aliphatic carbocycles. The Balaban J connectivity index is 1.77. The minimum atomic E-state index is -0.475. The van der Waals surface area contributed by atoms with E-state index in [1.165, 1.54) is 21.9 Å². The van der Waals surface area contributed by atoms with Crippen LogP contribution in [0.25, 0.3) is 16.2 Å². The van der Waals surface area contributed by atoms with E-state index in [4.69, 9.17) is 0 Å². The molecule has 0 saturated heterocycles. The van der Waals surface area contributed by atoms with Gasteiger partial charge in [0.25, 0.3) is 11.5 Å². The first-order valence-electron chi connectivity index (χ1n) is 8.17. The van der Waals surface area contributed by atoms with Crippen LogP contribution in [0.5, 0.6) is 0 Å². The lowest BCUT2D eigenvalue weighted by Gasteiger charge is -2.09. The van der Waals surface area contributed by atoms with Crippen LogP contribution in [-0.2, 0) is 0 Å². The van der Waals surface area contributed by atoms with Crippen LogP contribution in [0, 0.1) is 6.92 Å². The molecule has 1 amide bonds. The second-order valence-electron chi connectivity index (χ2n) is 6.00. The fourth-order valence-corrected chi connectivity index (χ4v) is 4.15. The lowest BCUT2D eigenvalue weighted by atomic mass is 10.2. The smallest absolute Gasteiger partial charge is 0.271 e. The summed E-state index contributed by atoms with van der Waals surface area (Å²) in [6.07, 6.45) is 1.34. The molecule has 0 spiro atoms. The summed E-state index contributed by atoms with van der Waals surface area (Å²) in [4.78, 5) is 30.6. The number of benzene rings is 2. The van der Waals surface area contributed by atoms with Crippen molar-refractivity contribution in [2.75, 3.05) is 5.32 Å². The van der Waals surface area contributed by atoms with Gasteiger partial charge in [0, 0.05) is 21.7 Å². The highest BCUT2D eigenvalue weighted by molar-refractivity contribution is 9.10. The van der Waals surface area contributed by atoms with Crippen LogP contribution >= 0.6 is 27.3 Å². The Morgan fingerprint density at radius 1 is 1.19 bits per heavy atom. The number of thiazole rings is 1. The van der Waals surface area contributed by atoms with E-state index in [2.05, 4.69) is 26.2 Å². The number of hydrogen-bond acceptors (Lipinski definition) is 4. The Morgan fingerprint density at radius 2 is 1.96 bits per heavy atom. The summed E-state index contributed by atoms with van der Waals surface area (Å²) >= 11 is 4.76. The van der Waals surface area contributed by atoms with Gasteiger partial charge in [0.1, 0.15) is 5.56 Å². The van der Waals surface area contributed by atoms with Gasteiger partial charge in [-0.05, 0) is 36.2 Å². The maximum atomic E-state index is 13.0. The van der Waals surface area contributed by atoms with Gasteiger partial charge in [0.2, 0.25) is 0 Å². The van der Waals surface area contributed by atoms with E-state index in [-0.39, 0.29) is 11.1 Å². The van der Waals surface area contributed by atoms with E-state index < -0.39 is 5.91 Å². The number of rotatable bonds is 3. The summed E-state index contributed by atoms with van der Waals surface area (Å²) in [6, 6.07) is 15.1. The summed E-state index contributed by atoms with van der Waals surface area (Å²) in [6.45, 7) is 1.89. The molecule has 0 fully saturated rings. The average molecular weight is 440 g/mol. The van der Waals surface area contributed by atoms with Gasteiger partial charge < -0.3 is 5.32 Å². The molecule has 1 N–H and O–H groups in total. The molecular weight excluding hydrogens is 426 g/mol. The number of nitrogens with one attached hydrogen (secondary N) is 1. The van der Waals surface area contributed by atoms with Crippen molar-refractivity contribution in [1.29, 1.82) is 0 Å². The van der Waals surface area contributed by atoms with Crippen LogP contribution in [0.15, 0.2) is 69.4 Å². The summed E-state index contributed by atoms with van der Waals surface area (Å²) in [7, 11) is 0. The zero-order valence-electron chi connectivity index (χ0n) is 14.3. The monoisotopic (exact) mass is 439 g/mol. The number of halogens is 1. The maximum Gasteiger partial charge on any atom is 0.271 e. The van der Waals surface area contributed by atoms with Crippen molar-refractivity contribution < 1.29 is 4.79 Å². The highest BCUT2D eigenvalue weighted by atomic mass is 79.9. The van der Waals surface area contributed by atoms with Gasteiger partial charge in [0.15, 0.2) is 4.96 Å². The number of amides is 1. The number of aromatic nitrogens is 2. The molecule has 134 valence electrons. The predicted octanol–water partition coefficient (Wildman–Crippen LogP) is 4.75. The molecular formula is C20H14BrN3O2S. The number of carbonyl (C=O) groups excluding carboxylic acids is 1. The summed E-state index contributed by atoms with van der Waals surface area (Å²) in [5.41, 5.74) is 2.79. The van der Waals surface area contributed by atoms with Gasteiger partial charge in [-0.2, -0.15) is 0 Å². The molecule has 0 saturated carbocycles.